The van der Waals surface area contributed by atoms with Crippen LogP contribution in [0.2, 0.25) is 0 Å². The summed E-state index contributed by atoms with van der Waals surface area (Å²) in [6.45, 7) is 8.69. The van der Waals surface area contributed by atoms with Crippen molar-refractivity contribution in [2.45, 2.75) is 40.5 Å². The number of aromatic nitrogens is 3. The summed E-state index contributed by atoms with van der Waals surface area (Å²) in [5, 5.41) is 12.1. The smallest absolute Gasteiger partial charge is 0.119 e. The van der Waals surface area contributed by atoms with Crippen LogP contribution in [-0.2, 0) is 19.7 Å². The summed E-state index contributed by atoms with van der Waals surface area (Å²) >= 11 is 0. The van der Waals surface area contributed by atoms with E-state index in [2.05, 4.69) is 60.7 Å². The molecule has 0 saturated heterocycles. The zero-order valence-electron chi connectivity index (χ0n) is 19.1. The molecule has 0 radical (unpaired) electrons. The van der Waals surface area contributed by atoms with Crippen molar-refractivity contribution in [3.8, 4) is 11.5 Å². The second-order valence-electron chi connectivity index (χ2n) is 9.15. The third kappa shape index (κ3) is 5.58. The largest absolute Gasteiger partial charge is 0.497 e. The van der Waals surface area contributed by atoms with Crippen LogP contribution in [0.15, 0.2) is 66.7 Å². The van der Waals surface area contributed by atoms with E-state index in [1.165, 1.54) is 5.56 Å². The Morgan fingerprint density at radius 2 is 1.56 bits per heavy atom. The minimum atomic E-state index is 0.155. The molecule has 0 unspecified atom stereocenters. The highest BCUT2D eigenvalue weighted by molar-refractivity contribution is 5.78. The molecule has 0 saturated carbocycles. The lowest BCUT2D eigenvalue weighted by atomic mass is 9.97. The van der Waals surface area contributed by atoms with E-state index < -0.39 is 0 Å². The predicted molar refractivity (Wildman–Crippen MR) is 128 cm³/mol. The van der Waals surface area contributed by atoms with Crippen molar-refractivity contribution in [1.82, 2.24) is 15.0 Å². The molecule has 166 valence electrons. The number of benzene rings is 3. The number of nitrogens with one attached hydrogen (secondary N) is 1. The van der Waals surface area contributed by atoms with Gasteiger partial charge in [-0.15, -0.1) is 5.10 Å². The molecule has 1 heterocycles. The molecule has 4 rings (SSSR count). The fourth-order valence-electron chi connectivity index (χ4n) is 3.44. The van der Waals surface area contributed by atoms with Crippen LogP contribution in [0.3, 0.4) is 0 Å². The predicted octanol–water partition coefficient (Wildman–Crippen LogP) is 5.68. The van der Waals surface area contributed by atoms with E-state index in [-0.39, 0.29) is 5.41 Å². The van der Waals surface area contributed by atoms with Crippen molar-refractivity contribution < 1.29 is 9.47 Å². The van der Waals surface area contributed by atoms with Crippen LogP contribution < -0.4 is 14.8 Å². The molecule has 0 atom stereocenters. The van der Waals surface area contributed by atoms with Gasteiger partial charge in [-0.2, -0.15) is 0 Å². The highest BCUT2D eigenvalue weighted by Crippen LogP contribution is 2.22. The molecule has 0 amide bonds. The van der Waals surface area contributed by atoms with E-state index in [0.29, 0.717) is 6.61 Å². The number of hydrogen-bond donors (Lipinski definition) is 1. The SMILES string of the molecule is COc1ccc(COc2ccc(CNc3ccc4c(c3)nnn4CC(C)(C)C)cc2)cc1. The molecule has 6 heteroatoms. The van der Waals surface area contributed by atoms with Gasteiger partial charge in [0.2, 0.25) is 0 Å². The van der Waals surface area contributed by atoms with Gasteiger partial charge >= 0.3 is 0 Å². The minimum Gasteiger partial charge on any atom is -0.497 e. The van der Waals surface area contributed by atoms with Crippen molar-refractivity contribution in [3.05, 3.63) is 77.9 Å². The number of hydrogen-bond acceptors (Lipinski definition) is 5. The Hall–Kier alpha value is -3.54. The van der Waals surface area contributed by atoms with E-state index in [1.807, 2.05) is 47.1 Å². The first-order valence-corrected chi connectivity index (χ1v) is 10.8. The first-order chi connectivity index (χ1) is 15.4. The van der Waals surface area contributed by atoms with Gasteiger partial charge < -0.3 is 14.8 Å². The fraction of sp³-hybridized carbons (Fsp3) is 0.308. The highest BCUT2D eigenvalue weighted by Gasteiger charge is 2.14. The molecule has 1 aromatic heterocycles. The first-order valence-electron chi connectivity index (χ1n) is 10.8. The molecule has 0 aliphatic carbocycles. The van der Waals surface area contributed by atoms with Gasteiger partial charge in [0.05, 0.1) is 12.6 Å². The summed E-state index contributed by atoms with van der Waals surface area (Å²) in [4.78, 5) is 0. The summed E-state index contributed by atoms with van der Waals surface area (Å²) in [5.41, 5.74) is 5.43. The van der Waals surface area contributed by atoms with Gasteiger partial charge in [-0.05, 0) is 59.0 Å². The third-order valence-corrected chi connectivity index (χ3v) is 5.12. The quantitative estimate of drug-likeness (QED) is 0.390. The van der Waals surface area contributed by atoms with Gasteiger partial charge in [0.1, 0.15) is 23.6 Å². The molecule has 0 bridgehead atoms. The van der Waals surface area contributed by atoms with E-state index in [0.717, 1.165) is 46.9 Å². The molecular formula is C26H30N4O2. The first kappa shape index (κ1) is 21.7. The number of methoxy groups -OCH3 is 1. The lowest BCUT2D eigenvalue weighted by molar-refractivity contribution is 0.306. The molecule has 6 nitrogen and oxygen atoms in total. The molecule has 0 spiro atoms. The Bertz CT molecular complexity index is 1160. The van der Waals surface area contributed by atoms with Crippen LogP contribution in [0.25, 0.3) is 11.0 Å². The number of rotatable bonds is 8. The summed E-state index contributed by atoms with van der Waals surface area (Å²) in [6, 6.07) is 22.3. The Kier molecular flexibility index (Phi) is 6.30. The minimum absolute atomic E-state index is 0.155. The van der Waals surface area contributed by atoms with E-state index in [4.69, 9.17) is 9.47 Å². The highest BCUT2D eigenvalue weighted by atomic mass is 16.5. The van der Waals surface area contributed by atoms with Gasteiger partial charge in [0.25, 0.3) is 0 Å². The number of ether oxygens (including phenoxy) is 2. The molecule has 0 fully saturated rings. The average Bonchev–Trinajstić information content (AvgIpc) is 3.17. The van der Waals surface area contributed by atoms with E-state index in [1.54, 1.807) is 7.11 Å². The van der Waals surface area contributed by atoms with Crippen molar-refractivity contribution in [3.63, 3.8) is 0 Å². The normalized spacial score (nSPS) is 11.5. The van der Waals surface area contributed by atoms with Crippen LogP contribution in [0.5, 0.6) is 11.5 Å². The molecule has 1 N–H and O–H groups in total. The zero-order chi connectivity index (χ0) is 22.6. The third-order valence-electron chi connectivity index (χ3n) is 5.12. The summed E-state index contributed by atoms with van der Waals surface area (Å²) in [5.74, 6) is 1.70. The van der Waals surface area contributed by atoms with E-state index >= 15 is 0 Å². The summed E-state index contributed by atoms with van der Waals surface area (Å²) in [7, 11) is 1.67. The Labute approximate surface area is 189 Å². The number of anilines is 1. The maximum absolute atomic E-state index is 5.89. The van der Waals surface area contributed by atoms with Gasteiger partial charge in [0, 0.05) is 18.8 Å². The lowest BCUT2D eigenvalue weighted by Crippen LogP contribution is -2.16. The molecule has 0 aliphatic heterocycles. The van der Waals surface area contributed by atoms with Crippen LogP contribution in [0, 0.1) is 5.41 Å². The van der Waals surface area contributed by atoms with Crippen molar-refractivity contribution in [2.75, 3.05) is 12.4 Å². The van der Waals surface area contributed by atoms with Crippen LogP contribution in [0.4, 0.5) is 5.69 Å². The van der Waals surface area contributed by atoms with Crippen molar-refractivity contribution in [1.29, 1.82) is 0 Å². The van der Waals surface area contributed by atoms with Gasteiger partial charge in [-0.25, -0.2) is 4.68 Å². The van der Waals surface area contributed by atoms with E-state index in [9.17, 15) is 0 Å². The number of nitrogens with zero attached hydrogens (tertiary/aromatic N) is 3. The van der Waals surface area contributed by atoms with Crippen LogP contribution >= 0.6 is 0 Å². The van der Waals surface area contributed by atoms with Crippen molar-refractivity contribution >= 4 is 16.7 Å². The average molecular weight is 431 g/mol. The summed E-state index contributed by atoms with van der Waals surface area (Å²) in [6.07, 6.45) is 0. The second kappa shape index (κ2) is 9.30. The molecule has 0 aliphatic rings. The van der Waals surface area contributed by atoms with Crippen LogP contribution in [-0.4, -0.2) is 22.1 Å². The maximum atomic E-state index is 5.89. The summed E-state index contributed by atoms with van der Waals surface area (Å²) < 4.78 is 13.1. The molecule has 32 heavy (non-hydrogen) atoms. The van der Waals surface area contributed by atoms with Crippen LogP contribution in [0.1, 0.15) is 31.9 Å². The molecule has 3 aromatic carbocycles. The Balaban J connectivity index is 1.32. The Morgan fingerprint density at radius 1 is 0.875 bits per heavy atom. The second-order valence-corrected chi connectivity index (χ2v) is 9.15. The lowest BCUT2D eigenvalue weighted by Gasteiger charge is -2.17. The monoisotopic (exact) mass is 430 g/mol. The van der Waals surface area contributed by atoms with Gasteiger partial charge in [-0.3, -0.25) is 0 Å². The fourth-order valence-corrected chi connectivity index (χ4v) is 3.44. The number of fused-ring (bicyclic) bond motifs is 1. The van der Waals surface area contributed by atoms with Crippen molar-refractivity contribution in [2.24, 2.45) is 5.41 Å². The zero-order valence-corrected chi connectivity index (χ0v) is 19.1. The standard InChI is InChI=1S/C26H30N4O2/c1-26(2,3)18-30-25-14-9-21(15-24(25)28-29-30)27-16-19-5-12-23(13-6-19)32-17-20-7-10-22(31-4)11-8-20/h5-15,27H,16-18H2,1-4H3. The Morgan fingerprint density at radius 3 is 2.25 bits per heavy atom. The molecule has 4 aromatic rings. The van der Waals surface area contributed by atoms with Gasteiger partial charge in [-0.1, -0.05) is 50.3 Å². The topological polar surface area (TPSA) is 61.2 Å². The van der Waals surface area contributed by atoms with Gasteiger partial charge in [0.15, 0.2) is 0 Å². The maximum Gasteiger partial charge on any atom is 0.119 e. The molecular weight excluding hydrogens is 400 g/mol.